The molecule has 0 spiro atoms. The Hall–Kier alpha value is -1.28. The van der Waals surface area contributed by atoms with Crippen molar-refractivity contribution in [3.05, 3.63) is 0 Å². The van der Waals surface area contributed by atoms with Gasteiger partial charge in [0.05, 0.1) is 12.0 Å². The van der Waals surface area contributed by atoms with Crippen LogP contribution in [0.5, 0.6) is 0 Å². The number of piperidine rings is 1. The zero-order valence-corrected chi connectivity index (χ0v) is 13.3. The topological polar surface area (TPSA) is 56.6 Å². The van der Waals surface area contributed by atoms with Gasteiger partial charge in [0.2, 0.25) is 0 Å². The molecule has 1 amide bonds. The highest BCUT2D eigenvalue weighted by Crippen LogP contribution is 2.29. The molecule has 0 aromatic carbocycles. The number of nitriles is 1. The van der Waals surface area contributed by atoms with Crippen LogP contribution in [-0.4, -0.2) is 55.2 Å². The molecule has 0 bridgehead atoms. The minimum Gasteiger partial charge on any atom is -0.448 e. The van der Waals surface area contributed by atoms with Gasteiger partial charge in [0, 0.05) is 19.6 Å². The molecule has 5 nitrogen and oxygen atoms in total. The molecular weight excluding hydrogens is 266 g/mol. The Morgan fingerprint density at radius 2 is 2.05 bits per heavy atom. The fraction of sp³-hybridized carbons (Fsp3) is 0.875. The predicted octanol–water partition coefficient (Wildman–Crippen LogP) is 2.34. The first-order valence-electron chi connectivity index (χ1n) is 8.15. The van der Waals surface area contributed by atoms with E-state index in [4.69, 9.17) is 4.74 Å². The van der Waals surface area contributed by atoms with Crippen molar-refractivity contribution < 1.29 is 9.53 Å². The van der Waals surface area contributed by atoms with Gasteiger partial charge in [-0.3, -0.25) is 4.90 Å². The van der Waals surface area contributed by atoms with Crippen molar-refractivity contribution in [2.75, 3.05) is 39.3 Å². The Kier molecular flexibility index (Phi) is 5.86. The Morgan fingerprint density at radius 3 is 2.67 bits per heavy atom. The Morgan fingerprint density at radius 1 is 1.33 bits per heavy atom. The van der Waals surface area contributed by atoms with Crippen LogP contribution in [0, 0.1) is 29.1 Å². The van der Waals surface area contributed by atoms with E-state index in [1.54, 1.807) is 4.90 Å². The summed E-state index contributed by atoms with van der Waals surface area (Å²) in [5, 5.41) is 9.29. The zero-order chi connectivity index (χ0) is 15.2. The summed E-state index contributed by atoms with van der Waals surface area (Å²) in [4.78, 5) is 16.1. The smallest absolute Gasteiger partial charge is 0.409 e. The summed E-state index contributed by atoms with van der Waals surface area (Å²) in [7, 11) is 0. The minimum atomic E-state index is -0.253. The fourth-order valence-corrected chi connectivity index (χ4v) is 3.43. The highest BCUT2D eigenvalue weighted by Gasteiger charge is 2.33. The third-order valence-corrected chi connectivity index (χ3v) is 4.78. The van der Waals surface area contributed by atoms with Crippen LogP contribution in [-0.2, 0) is 4.74 Å². The minimum absolute atomic E-state index is 0.0649. The Bertz CT molecular complexity index is 385. The molecule has 21 heavy (non-hydrogen) atoms. The highest BCUT2D eigenvalue weighted by atomic mass is 16.6. The van der Waals surface area contributed by atoms with E-state index in [1.807, 2.05) is 0 Å². The first kappa shape index (κ1) is 16.1. The summed E-state index contributed by atoms with van der Waals surface area (Å²) in [6.45, 7) is 9.06. The molecule has 2 unspecified atom stereocenters. The first-order chi connectivity index (χ1) is 10.1. The number of ether oxygens (including phenoxy) is 1. The van der Waals surface area contributed by atoms with E-state index in [2.05, 4.69) is 24.8 Å². The number of nitrogens with zero attached hydrogens (tertiary/aromatic N) is 3. The lowest BCUT2D eigenvalue weighted by Crippen LogP contribution is -2.45. The number of carbonyl (C=O) groups excluding carboxylic acids is 1. The van der Waals surface area contributed by atoms with Crippen molar-refractivity contribution in [1.29, 1.82) is 5.26 Å². The van der Waals surface area contributed by atoms with Crippen LogP contribution >= 0.6 is 0 Å². The van der Waals surface area contributed by atoms with Crippen LogP contribution in [0.15, 0.2) is 0 Å². The van der Waals surface area contributed by atoms with Crippen molar-refractivity contribution >= 4 is 6.09 Å². The number of carbonyl (C=O) groups is 1. The summed E-state index contributed by atoms with van der Waals surface area (Å²) in [6.07, 6.45) is 3.15. The molecule has 2 aliphatic rings. The number of hydrogen-bond acceptors (Lipinski definition) is 4. The van der Waals surface area contributed by atoms with E-state index < -0.39 is 0 Å². The molecule has 0 saturated carbocycles. The van der Waals surface area contributed by atoms with E-state index in [0.717, 1.165) is 26.1 Å². The molecule has 0 aromatic rings. The largest absolute Gasteiger partial charge is 0.448 e. The van der Waals surface area contributed by atoms with Gasteiger partial charge in [-0.1, -0.05) is 13.8 Å². The van der Waals surface area contributed by atoms with Gasteiger partial charge in [0.25, 0.3) is 0 Å². The average Bonchev–Trinajstić information content (AvgIpc) is 2.99. The van der Waals surface area contributed by atoms with Crippen molar-refractivity contribution in [2.24, 2.45) is 17.8 Å². The van der Waals surface area contributed by atoms with Crippen molar-refractivity contribution in [2.45, 2.75) is 33.1 Å². The number of likely N-dealkylation sites (tertiary alicyclic amines) is 2. The molecule has 0 radical (unpaired) electrons. The predicted molar refractivity (Wildman–Crippen MR) is 80.6 cm³/mol. The quantitative estimate of drug-likeness (QED) is 0.798. The van der Waals surface area contributed by atoms with Crippen LogP contribution in [0.25, 0.3) is 0 Å². The molecule has 2 aliphatic heterocycles. The standard InChI is InChI=1S/C16H27N3O2/c1-13(2)15-5-8-19(12-14(15)11-17)16(20)21-10-9-18-6-3-4-7-18/h13-15H,3-10,12H2,1-2H3. The van der Waals surface area contributed by atoms with Crippen molar-refractivity contribution in [3.63, 3.8) is 0 Å². The third-order valence-electron chi connectivity index (χ3n) is 4.78. The fourth-order valence-electron chi connectivity index (χ4n) is 3.43. The van der Waals surface area contributed by atoms with E-state index in [1.165, 1.54) is 12.8 Å². The number of hydrogen-bond donors (Lipinski definition) is 0. The molecular formula is C16H27N3O2. The maximum Gasteiger partial charge on any atom is 0.409 e. The van der Waals surface area contributed by atoms with Crippen molar-refractivity contribution in [1.82, 2.24) is 9.80 Å². The first-order valence-corrected chi connectivity index (χ1v) is 8.15. The molecule has 2 rings (SSSR count). The van der Waals surface area contributed by atoms with Gasteiger partial charge in [-0.05, 0) is 44.2 Å². The van der Waals surface area contributed by atoms with Crippen LogP contribution in [0.4, 0.5) is 4.79 Å². The molecule has 2 saturated heterocycles. The SMILES string of the molecule is CC(C)C1CCN(C(=O)OCCN2CCCC2)CC1C#N. The monoisotopic (exact) mass is 293 g/mol. The molecule has 0 aromatic heterocycles. The normalized spacial score (nSPS) is 26.9. The van der Waals surface area contributed by atoms with E-state index in [0.29, 0.717) is 31.5 Å². The lowest BCUT2D eigenvalue weighted by atomic mass is 9.79. The molecule has 0 N–H and O–H groups in total. The maximum atomic E-state index is 12.1. The lowest BCUT2D eigenvalue weighted by molar-refractivity contribution is 0.0652. The Balaban J connectivity index is 1.74. The van der Waals surface area contributed by atoms with Gasteiger partial charge < -0.3 is 9.64 Å². The summed E-state index contributed by atoms with van der Waals surface area (Å²) >= 11 is 0. The van der Waals surface area contributed by atoms with Crippen LogP contribution < -0.4 is 0 Å². The number of rotatable bonds is 4. The molecule has 5 heteroatoms. The van der Waals surface area contributed by atoms with E-state index in [-0.39, 0.29) is 12.0 Å². The average molecular weight is 293 g/mol. The van der Waals surface area contributed by atoms with Gasteiger partial charge in [-0.15, -0.1) is 0 Å². The molecule has 0 aliphatic carbocycles. The van der Waals surface area contributed by atoms with Gasteiger partial charge in [0.15, 0.2) is 0 Å². The molecule has 2 fully saturated rings. The second-order valence-electron chi connectivity index (χ2n) is 6.54. The van der Waals surface area contributed by atoms with Gasteiger partial charge in [-0.25, -0.2) is 4.79 Å². The van der Waals surface area contributed by atoms with E-state index >= 15 is 0 Å². The van der Waals surface area contributed by atoms with Crippen molar-refractivity contribution in [3.8, 4) is 6.07 Å². The maximum absolute atomic E-state index is 12.1. The highest BCUT2D eigenvalue weighted by molar-refractivity contribution is 5.67. The third kappa shape index (κ3) is 4.34. The number of amides is 1. The van der Waals surface area contributed by atoms with E-state index in [9.17, 15) is 10.1 Å². The summed E-state index contributed by atoms with van der Waals surface area (Å²) in [5.74, 6) is 0.816. The van der Waals surface area contributed by atoms with Crippen LogP contribution in [0.1, 0.15) is 33.1 Å². The summed E-state index contributed by atoms with van der Waals surface area (Å²) < 4.78 is 5.37. The van der Waals surface area contributed by atoms with Crippen LogP contribution in [0.2, 0.25) is 0 Å². The summed E-state index contributed by atoms with van der Waals surface area (Å²) in [5.41, 5.74) is 0. The summed E-state index contributed by atoms with van der Waals surface area (Å²) in [6, 6.07) is 2.36. The van der Waals surface area contributed by atoms with Gasteiger partial charge >= 0.3 is 6.09 Å². The zero-order valence-electron chi connectivity index (χ0n) is 13.3. The second kappa shape index (κ2) is 7.65. The molecule has 2 heterocycles. The molecule has 118 valence electrons. The second-order valence-corrected chi connectivity index (χ2v) is 6.54. The van der Waals surface area contributed by atoms with Gasteiger partial charge in [-0.2, -0.15) is 5.26 Å². The lowest BCUT2D eigenvalue weighted by Gasteiger charge is -2.36. The molecule has 2 atom stereocenters. The van der Waals surface area contributed by atoms with Gasteiger partial charge in [0.1, 0.15) is 6.61 Å². The Labute approximate surface area is 127 Å². The van der Waals surface area contributed by atoms with Crippen LogP contribution in [0.3, 0.4) is 0 Å².